The van der Waals surface area contributed by atoms with Crippen molar-refractivity contribution in [3.8, 4) is 0 Å². The van der Waals surface area contributed by atoms with Crippen LogP contribution < -0.4 is 0 Å². The van der Waals surface area contributed by atoms with Gasteiger partial charge in [0.2, 0.25) is 0 Å². The Morgan fingerprint density at radius 3 is 2.55 bits per heavy atom. The molecule has 4 nitrogen and oxygen atoms in total. The Morgan fingerprint density at radius 1 is 1.36 bits per heavy atom. The van der Waals surface area contributed by atoms with Gasteiger partial charge in [0, 0.05) is 6.42 Å². The Hall–Kier alpha value is 0.570. The molecule has 1 aliphatic rings. The Kier molecular flexibility index (Phi) is 3.51. The highest BCUT2D eigenvalue weighted by Crippen LogP contribution is 2.23. The van der Waals surface area contributed by atoms with E-state index in [4.69, 9.17) is 9.84 Å². The zero-order valence-corrected chi connectivity index (χ0v) is 8.01. The van der Waals surface area contributed by atoms with Crippen LogP contribution in [0.2, 0.25) is 0 Å². The Balaban J connectivity index is 2.48. The van der Waals surface area contributed by atoms with E-state index in [1.165, 1.54) is 0 Å². The van der Waals surface area contributed by atoms with Gasteiger partial charge < -0.3 is 20.1 Å². The lowest BCUT2D eigenvalue weighted by molar-refractivity contribution is -0.144. The third kappa shape index (κ3) is 2.25. The minimum atomic E-state index is -0.749. The number of hydrogen-bond donors (Lipinski definition) is 3. The molecule has 1 saturated heterocycles. The van der Waals surface area contributed by atoms with Crippen molar-refractivity contribution in [1.29, 1.82) is 0 Å². The number of rotatable bonds is 1. The average Bonchev–Trinajstić information content (AvgIpc) is 1.97. The molecule has 0 aromatic rings. The van der Waals surface area contributed by atoms with E-state index in [2.05, 4.69) is 0 Å². The third-order valence-corrected chi connectivity index (χ3v) is 2.82. The van der Waals surface area contributed by atoms with Crippen LogP contribution in [-0.2, 0) is 4.74 Å². The molecule has 1 fully saturated rings. The summed E-state index contributed by atoms with van der Waals surface area (Å²) in [4.78, 5) is 0. The first-order valence-electron chi connectivity index (χ1n) is 3.41. The van der Waals surface area contributed by atoms with E-state index in [1.54, 1.807) is 0 Å². The quantitative estimate of drug-likeness (QED) is 0.435. The zero-order chi connectivity index (χ0) is 8.43. The Labute approximate surface area is 78.3 Å². The van der Waals surface area contributed by atoms with Crippen molar-refractivity contribution in [2.24, 2.45) is 0 Å². The van der Waals surface area contributed by atoms with Crippen molar-refractivity contribution in [3.05, 3.63) is 0 Å². The van der Waals surface area contributed by atoms with Gasteiger partial charge in [-0.05, 0) is 22.6 Å². The predicted molar refractivity (Wildman–Crippen MR) is 46.4 cm³/mol. The summed E-state index contributed by atoms with van der Waals surface area (Å²) in [6, 6.07) is 0. The van der Waals surface area contributed by atoms with Crippen molar-refractivity contribution in [1.82, 2.24) is 0 Å². The molecular formula is C6H11IO4. The van der Waals surface area contributed by atoms with Crippen molar-refractivity contribution in [2.75, 3.05) is 6.61 Å². The third-order valence-electron chi connectivity index (χ3n) is 1.70. The van der Waals surface area contributed by atoms with Crippen LogP contribution in [0, 0.1) is 0 Å². The fourth-order valence-corrected chi connectivity index (χ4v) is 1.69. The van der Waals surface area contributed by atoms with E-state index in [-0.39, 0.29) is 17.1 Å². The summed E-state index contributed by atoms with van der Waals surface area (Å²) in [5.74, 6) is 0. The lowest BCUT2D eigenvalue weighted by atomic mass is 10.0. The first-order valence-corrected chi connectivity index (χ1v) is 4.66. The van der Waals surface area contributed by atoms with Gasteiger partial charge in [0.05, 0.1) is 18.8 Å². The summed E-state index contributed by atoms with van der Waals surface area (Å²) in [5, 5.41) is 27.1. The monoisotopic (exact) mass is 274 g/mol. The number of halogens is 1. The van der Waals surface area contributed by atoms with E-state index >= 15 is 0 Å². The molecule has 0 aromatic carbocycles. The van der Waals surface area contributed by atoms with E-state index in [0.29, 0.717) is 0 Å². The SMILES string of the molecule is OC[C@@H]1O[C@H](I)[C@H](O)C[C@@H]1O. The molecule has 5 heteroatoms. The van der Waals surface area contributed by atoms with E-state index in [1.807, 2.05) is 22.6 Å². The van der Waals surface area contributed by atoms with Gasteiger partial charge in [-0.25, -0.2) is 0 Å². The van der Waals surface area contributed by atoms with Gasteiger partial charge >= 0.3 is 0 Å². The van der Waals surface area contributed by atoms with Crippen LogP contribution in [0.25, 0.3) is 0 Å². The number of alkyl halides is 1. The van der Waals surface area contributed by atoms with Crippen molar-refractivity contribution in [2.45, 2.75) is 28.8 Å². The Morgan fingerprint density at radius 2 is 2.00 bits per heavy atom. The van der Waals surface area contributed by atoms with Crippen LogP contribution in [0.3, 0.4) is 0 Å². The molecule has 1 heterocycles. The van der Waals surface area contributed by atoms with Crippen LogP contribution in [-0.4, -0.2) is 44.3 Å². The second-order valence-corrected chi connectivity index (χ2v) is 3.81. The van der Waals surface area contributed by atoms with Crippen LogP contribution in [0.15, 0.2) is 0 Å². The molecule has 0 spiro atoms. The molecule has 11 heavy (non-hydrogen) atoms. The molecule has 1 aliphatic heterocycles. The van der Waals surface area contributed by atoms with E-state index in [0.717, 1.165) is 0 Å². The predicted octanol–water partition coefficient (Wildman–Crippen LogP) is -0.750. The topological polar surface area (TPSA) is 69.9 Å². The standard InChI is InChI=1S/C6H11IO4/c7-6-4(10)1-3(9)5(2-8)11-6/h3-6,8-10H,1-2H2/t3-,4+,5-,6-/m0/s1. The molecule has 0 bridgehead atoms. The molecule has 0 saturated carbocycles. The summed E-state index contributed by atoms with van der Waals surface area (Å²) in [7, 11) is 0. The fourth-order valence-electron chi connectivity index (χ4n) is 1.02. The lowest BCUT2D eigenvalue weighted by Crippen LogP contribution is -2.46. The molecule has 0 amide bonds. The molecule has 0 radical (unpaired) electrons. The number of hydrogen-bond acceptors (Lipinski definition) is 4. The lowest BCUT2D eigenvalue weighted by Gasteiger charge is -2.33. The maximum Gasteiger partial charge on any atom is 0.135 e. The van der Waals surface area contributed by atoms with Crippen LogP contribution in [0.4, 0.5) is 0 Å². The molecular weight excluding hydrogens is 263 g/mol. The van der Waals surface area contributed by atoms with E-state index in [9.17, 15) is 10.2 Å². The second-order valence-electron chi connectivity index (χ2n) is 2.58. The van der Waals surface area contributed by atoms with Crippen LogP contribution in [0.1, 0.15) is 6.42 Å². The van der Waals surface area contributed by atoms with Gasteiger partial charge in [-0.3, -0.25) is 0 Å². The smallest absolute Gasteiger partial charge is 0.135 e. The maximum atomic E-state index is 9.21. The van der Waals surface area contributed by atoms with Gasteiger partial charge in [-0.1, -0.05) is 0 Å². The molecule has 3 N–H and O–H groups in total. The highest BCUT2D eigenvalue weighted by Gasteiger charge is 2.34. The highest BCUT2D eigenvalue weighted by atomic mass is 127. The molecule has 4 atom stereocenters. The normalized spacial score (nSPS) is 45.8. The first kappa shape index (κ1) is 9.66. The highest BCUT2D eigenvalue weighted by molar-refractivity contribution is 14.1. The van der Waals surface area contributed by atoms with Crippen molar-refractivity contribution in [3.63, 3.8) is 0 Å². The number of aliphatic hydroxyl groups excluding tert-OH is 3. The molecule has 0 aliphatic carbocycles. The van der Waals surface area contributed by atoms with Crippen LogP contribution >= 0.6 is 22.6 Å². The van der Waals surface area contributed by atoms with E-state index < -0.39 is 18.3 Å². The minimum Gasteiger partial charge on any atom is -0.394 e. The summed E-state index contributed by atoms with van der Waals surface area (Å²) >= 11 is 1.94. The summed E-state index contributed by atoms with van der Waals surface area (Å²) in [5.41, 5.74) is 0. The first-order chi connectivity index (χ1) is 5.15. The van der Waals surface area contributed by atoms with Gasteiger partial charge in [0.15, 0.2) is 0 Å². The summed E-state index contributed by atoms with van der Waals surface area (Å²) < 4.78 is 4.77. The number of aliphatic hydroxyl groups is 3. The zero-order valence-electron chi connectivity index (χ0n) is 5.85. The molecule has 66 valence electrons. The molecule has 1 rings (SSSR count). The molecule has 0 aromatic heterocycles. The van der Waals surface area contributed by atoms with Gasteiger partial charge in [0.1, 0.15) is 10.2 Å². The van der Waals surface area contributed by atoms with Gasteiger partial charge in [0.25, 0.3) is 0 Å². The average molecular weight is 274 g/mol. The minimum absolute atomic E-state index is 0.201. The number of ether oxygens (including phenoxy) is 1. The largest absolute Gasteiger partial charge is 0.394 e. The molecule has 0 unspecified atom stereocenters. The summed E-state index contributed by atoms with van der Waals surface area (Å²) in [6.07, 6.45) is -1.64. The van der Waals surface area contributed by atoms with Crippen molar-refractivity contribution < 1.29 is 20.1 Å². The van der Waals surface area contributed by atoms with Crippen molar-refractivity contribution >= 4 is 22.6 Å². The Bertz CT molecular complexity index is 132. The van der Waals surface area contributed by atoms with Crippen LogP contribution in [0.5, 0.6) is 0 Å². The van der Waals surface area contributed by atoms with Gasteiger partial charge in [-0.15, -0.1) is 0 Å². The maximum absolute atomic E-state index is 9.21. The fraction of sp³-hybridized carbons (Fsp3) is 1.00. The van der Waals surface area contributed by atoms with Gasteiger partial charge in [-0.2, -0.15) is 0 Å². The summed E-state index contributed by atoms with van der Waals surface area (Å²) in [6.45, 7) is -0.201. The second kappa shape index (κ2) is 3.99.